The Morgan fingerprint density at radius 3 is 2.15 bits per heavy atom. The molecule has 0 spiro atoms. The molecule has 1 heterocycles. The highest BCUT2D eigenvalue weighted by molar-refractivity contribution is 7.23. The predicted molar refractivity (Wildman–Crippen MR) is 150 cm³/mol. The molecule has 0 radical (unpaired) electrons. The third kappa shape index (κ3) is 4.69. The van der Waals surface area contributed by atoms with Crippen molar-refractivity contribution in [2.24, 2.45) is 0 Å². The molecule has 33 heavy (non-hydrogen) atoms. The van der Waals surface area contributed by atoms with E-state index >= 15 is 0 Å². The van der Waals surface area contributed by atoms with Gasteiger partial charge in [-0.25, -0.2) is 0 Å². The van der Waals surface area contributed by atoms with Crippen LogP contribution in [0.1, 0.15) is 33.3 Å². The minimum atomic E-state index is 1.25. The van der Waals surface area contributed by atoms with Gasteiger partial charge in [0.05, 0.1) is 0 Å². The number of allylic oxidation sites excluding steroid dienone is 4. The predicted octanol–water partition coefficient (Wildman–Crippen LogP) is 10.4. The maximum atomic E-state index is 2.33. The van der Waals surface area contributed by atoms with Crippen molar-refractivity contribution in [1.29, 1.82) is 0 Å². The second-order valence-corrected chi connectivity index (χ2v) is 8.77. The van der Waals surface area contributed by atoms with Crippen molar-refractivity contribution in [1.82, 2.24) is 0 Å². The van der Waals surface area contributed by atoms with Crippen LogP contribution in [0.25, 0.3) is 48.0 Å². The van der Waals surface area contributed by atoms with Gasteiger partial charge in [0, 0.05) is 9.58 Å². The topological polar surface area (TPSA) is 0 Å². The zero-order valence-corrected chi connectivity index (χ0v) is 20.6. The molecule has 5 aromatic rings. The Hall–Kier alpha value is -3.42. The van der Waals surface area contributed by atoms with Gasteiger partial charge in [-0.3, -0.25) is 0 Å². The number of thiophene rings is 1. The highest BCUT2D eigenvalue weighted by Crippen LogP contribution is 2.38. The molecule has 0 saturated carbocycles. The van der Waals surface area contributed by atoms with Crippen molar-refractivity contribution in [3.05, 3.63) is 115 Å². The van der Waals surface area contributed by atoms with Crippen LogP contribution < -0.4 is 0 Å². The first kappa shape index (κ1) is 22.8. The molecule has 0 bridgehead atoms. The highest BCUT2D eigenvalue weighted by atomic mass is 32.1. The van der Waals surface area contributed by atoms with Gasteiger partial charge in [0.1, 0.15) is 0 Å². The Bertz CT molecular complexity index is 1450. The van der Waals surface area contributed by atoms with Crippen LogP contribution in [0.5, 0.6) is 0 Å². The van der Waals surface area contributed by atoms with Gasteiger partial charge in [0.15, 0.2) is 0 Å². The van der Waals surface area contributed by atoms with E-state index in [1.54, 1.807) is 0 Å². The zero-order valence-electron chi connectivity index (χ0n) is 19.8. The molecule has 0 amide bonds. The van der Waals surface area contributed by atoms with Crippen molar-refractivity contribution >= 4 is 37.8 Å². The van der Waals surface area contributed by atoms with Crippen molar-refractivity contribution < 1.29 is 0 Å². The number of hydrogen-bond acceptors (Lipinski definition) is 1. The maximum Gasteiger partial charge on any atom is 0.0427 e. The molecule has 0 fully saturated rings. The fourth-order valence-corrected chi connectivity index (χ4v) is 5.37. The minimum Gasteiger partial charge on any atom is -0.135 e. The Labute approximate surface area is 201 Å². The molecule has 164 valence electrons. The van der Waals surface area contributed by atoms with Crippen LogP contribution in [0.2, 0.25) is 0 Å². The summed E-state index contributed by atoms with van der Waals surface area (Å²) in [6.07, 6.45) is 6.42. The molecule has 0 aliphatic rings. The molecule has 0 aliphatic carbocycles. The van der Waals surface area contributed by atoms with Crippen molar-refractivity contribution in [3.63, 3.8) is 0 Å². The van der Waals surface area contributed by atoms with Crippen LogP contribution in [0.4, 0.5) is 0 Å². The summed E-state index contributed by atoms with van der Waals surface area (Å²) in [6.45, 7) is 8.15. The summed E-state index contributed by atoms with van der Waals surface area (Å²) in [4.78, 5) is 1.31. The lowest BCUT2D eigenvalue weighted by atomic mass is 9.97. The smallest absolute Gasteiger partial charge is 0.0427 e. The van der Waals surface area contributed by atoms with E-state index in [2.05, 4.69) is 123 Å². The molecule has 4 aromatic carbocycles. The van der Waals surface area contributed by atoms with Crippen molar-refractivity contribution in [2.75, 3.05) is 0 Å². The van der Waals surface area contributed by atoms with E-state index in [1.165, 1.54) is 53.6 Å². The monoisotopic (exact) mass is 446 g/mol. The first-order valence-corrected chi connectivity index (χ1v) is 12.5. The summed E-state index contributed by atoms with van der Waals surface area (Å²) in [5, 5.41) is 3.95. The number of hydrogen-bond donors (Lipinski definition) is 0. The number of rotatable bonds is 4. The summed E-state index contributed by atoms with van der Waals surface area (Å²) in [5.41, 5.74) is 6.26. The lowest BCUT2D eigenvalue weighted by Crippen LogP contribution is -1.84. The van der Waals surface area contributed by atoms with Crippen molar-refractivity contribution in [2.45, 2.75) is 27.7 Å². The van der Waals surface area contributed by atoms with Crippen molar-refractivity contribution in [3.8, 4) is 21.6 Å². The van der Waals surface area contributed by atoms with Crippen LogP contribution in [-0.4, -0.2) is 0 Å². The number of benzene rings is 4. The molecule has 5 rings (SSSR count). The summed E-state index contributed by atoms with van der Waals surface area (Å²) in [6, 6.07) is 33.2. The first-order valence-electron chi connectivity index (χ1n) is 11.7. The van der Waals surface area contributed by atoms with E-state index in [1.807, 2.05) is 25.2 Å². The molecule has 0 nitrogen and oxygen atoms in total. The Balaban J connectivity index is 0.00000126. The molecule has 0 atom stereocenters. The van der Waals surface area contributed by atoms with Crippen LogP contribution in [0.15, 0.2) is 109 Å². The Kier molecular flexibility index (Phi) is 7.22. The van der Waals surface area contributed by atoms with Crippen LogP contribution in [0, 0.1) is 0 Å². The van der Waals surface area contributed by atoms with E-state index in [-0.39, 0.29) is 0 Å². The minimum absolute atomic E-state index is 1.25. The normalized spacial score (nSPS) is 11.7. The summed E-state index contributed by atoms with van der Waals surface area (Å²) < 4.78 is 1.37. The third-order valence-corrected chi connectivity index (χ3v) is 6.98. The van der Waals surface area contributed by atoms with Crippen LogP contribution in [-0.2, 0) is 0 Å². The van der Waals surface area contributed by atoms with E-state index in [4.69, 9.17) is 0 Å². The van der Waals surface area contributed by atoms with Gasteiger partial charge in [-0.05, 0) is 76.0 Å². The zero-order chi connectivity index (χ0) is 23.2. The molecule has 0 unspecified atom stereocenters. The van der Waals surface area contributed by atoms with Gasteiger partial charge in [0.2, 0.25) is 0 Å². The first-order chi connectivity index (χ1) is 16.3. The Morgan fingerprint density at radius 1 is 0.667 bits per heavy atom. The lowest BCUT2D eigenvalue weighted by molar-refractivity contribution is 1.50. The molecule has 1 aromatic heterocycles. The van der Waals surface area contributed by atoms with E-state index in [9.17, 15) is 0 Å². The van der Waals surface area contributed by atoms with Crippen LogP contribution >= 0.6 is 11.3 Å². The molecule has 0 aliphatic heterocycles. The average molecular weight is 447 g/mol. The Morgan fingerprint density at radius 2 is 1.36 bits per heavy atom. The third-order valence-electron chi connectivity index (χ3n) is 5.74. The summed E-state index contributed by atoms with van der Waals surface area (Å²) in [7, 11) is 0. The molecule has 0 saturated heterocycles. The quantitative estimate of drug-likeness (QED) is 0.241. The summed E-state index contributed by atoms with van der Waals surface area (Å²) >= 11 is 1.88. The molecule has 0 N–H and O–H groups in total. The SMILES string of the molecule is C/C=C\C(=C/C)c1cccc(-c2cccc(-c3cc4ccc5ccccc5c4s3)c2)c1.CC. The summed E-state index contributed by atoms with van der Waals surface area (Å²) in [5.74, 6) is 0. The van der Waals surface area contributed by atoms with Gasteiger partial charge in [0.25, 0.3) is 0 Å². The second-order valence-electron chi connectivity index (χ2n) is 7.72. The standard InChI is InChI=1S/C30H24S.C2H6/c1-3-9-21(4-2)23-11-7-12-24(18-23)25-13-8-14-26(19-25)29-20-27-17-16-22-10-5-6-15-28(22)30(27)31-29;1-2/h3-20H,1-2H3;1-2H3/b9-3-,21-4+;. The molecule has 1 heteroatoms. The van der Waals surface area contributed by atoms with E-state index in [0.29, 0.717) is 0 Å². The van der Waals surface area contributed by atoms with Gasteiger partial charge < -0.3 is 0 Å². The van der Waals surface area contributed by atoms with Gasteiger partial charge in [-0.15, -0.1) is 11.3 Å². The average Bonchev–Trinajstić information content (AvgIpc) is 3.34. The van der Waals surface area contributed by atoms with Gasteiger partial charge in [-0.1, -0.05) is 105 Å². The fraction of sp³-hybridized carbons (Fsp3) is 0.125. The van der Waals surface area contributed by atoms with E-state index < -0.39 is 0 Å². The highest BCUT2D eigenvalue weighted by Gasteiger charge is 2.09. The van der Waals surface area contributed by atoms with Gasteiger partial charge in [-0.2, -0.15) is 0 Å². The molecular weight excluding hydrogens is 416 g/mol. The lowest BCUT2D eigenvalue weighted by Gasteiger charge is -2.08. The second kappa shape index (κ2) is 10.5. The fourth-order valence-electron chi connectivity index (χ4n) is 4.18. The number of fused-ring (bicyclic) bond motifs is 3. The van der Waals surface area contributed by atoms with Gasteiger partial charge >= 0.3 is 0 Å². The largest absolute Gasteiger partial charge is 0.135 e. The van der Waals surface area contributed by atoms with E-state index in [0.717, 1.165) is 0 Å². The van der Waals surface area contributed by atoms with Crippen LogP contribution in [0.3, 0.4) is 0 Å². The molecular formula is C32H30S. The maximum absolute atomic E-state index is 2.33.